The van der Waals surface area contributed by atoms with Crippen molar-refractivity contribution >= 4 is 11.6 Å². The number of nitrogens with zero attached hydrogens (tertiary/aromatic N) is 4. The van der Waals surface area contributed by atoms with Gasteiger partial charge in [0, 0.05) is 31.2 Å². The lowest BCUT2D eigenvalue weighted by atomic mass is 10.1. The van der Waals surface area contributed by atoms with Crippen LogP contribution in [0.25, 0.3) is 5.65 Å². The molecule has 3 aromatic rings. The van der Waals surface area contributed by atoms with Gasteiger partial charge in [-0.05, 0) is 31.7 Å². The Morgan fingerprint density at radius 3 is 2.91 bits per heavy atom. The SMILES string of the molecule is CNC(C(=O)NCc1cn2ccc(C)cc2n1)c1cnn(C)c1. The molecule has 0 spiro atoms. The third kappa shape index (κ3) is 3.24. The number of pyridine rings is 1. The molecular weight excluding hydrogens is 292 g/mol. The van der Waals surface area contributed by atoms with Crippen molar-refractivity contribution in [1.82, 2.24) is 29.8 Å². The summed E-state index contributed by atoms with van der Waals surface area (Å²) in [5, 5.41) is 10.0. The van der Waals surface area contributed by atoms with E-state index in [1.165, 1.54) is 0 Å². The van der Waals surface area contributed by atoms with Crippen LogP contribution in [0, 0.1) is 6.92 Å². The van der Waals surface area contributed by atoms with Gasteiger partial charge in [0.05, 0.1) is 18.4 Å². The molecule has 3 aromatic heterocycles. The number of nitrogens with one attached hydrogen (secondary N) is 2. The first kappa shape index (κ1) is 15.2. The van der Waals surface area contributed by atoms with Gasteiger partial charge >= 0.3 is 0 Å². The molecule has 0 aliphatic heterocycles. The molecule has 1 amide bonds. The lowest BCUT2D eigenvalue weighted by Gasteiger charge is -2.13. The molecule has 0 aliphatic carbocycles. The van der Waals surface area contributed by atoms with Gasteiger partial charge < -0.3 is 15.0 Å². The normalized spacial score (nSPS) is 12.5. The van der Waals surface area contributed by atoms with Crippen molar-refractivity contribution in [3.05, 3.63) is 53.7 Å². The second kappa shape index (κ2) is 6.21. The zero-order valence-electron chi connectivity index (χ0n) is 13.4. The van der Waals surface area contributed by atoms with Crippen LogP contribution in [0.3, 0.4) is 0 Å². The minimum Gasteiger partial charge on any atom is -0.349 e. The summed E-state index contributed by atoms with van der Waals surface area (Å²) in [7, 11) is 3.58. The Balaban J connectivity index is 1.69. The average Bonchev–Trinajstić information content (AvgIpc) is 3.11. The quantitative estimate of drug-likeness (QED) is 0.735. The molecule has 0 fully saturated rings. The van der Waals surface area contributed by atoms with Gasteiger partial charge in [0.2, 0.25) is 5.91 Å². The van der Waals surface area contributed by atoms with Crippen LogP contribution < -0.4 is 10.6 Å². The highest BCUT2D eigenvalue weighted by Gasteiger charge is 2.20. The van der Waals surface area contributed by atoms with Crippen molar-refractivity contribution in [2.75, 3.05) is 7.05 Å². The molecule has 0 saturated heterocycles. The fourth-order valence-electron chi connectivity index (χ4n) is 2.54. The first-order chi connectivity index (χ1) is 11.1. The highest BCUT2D eigenvalue weighted by atomic mass is 16.2. The number of likely N-dealkylation sites (N-methyl/N-ethyl adjacent to an activating group) is 1. The molecular formula is C16H20N6O. The van der Waals surface area contributed by atoms with Crippen LogP contribution in [0.4, 0.5) is 0 Å². The third-order valence-electron chi connectivity index (χ3n) is 3.72. The van der Waals surface area contributed by atoms with Crippen LogP contribution in [0.2, 0.25) is 0 Å². The van der Waals surface area contributed by atoms with Crippen LogP contribution in [-0.4, -0.2) is 32.1 Å². The van der Waals surface area contributed by atoms with Crippen molar-refractivity contribution in [3.8, 4) is 0 Å². The summed E-state index contributed by atoms with van der Waals surface area (Å²) >= 11 is 0. The molecule has 3 heterocycles. The van der Waals surface area contributed by atoms with Crippen molar-refractivity contribution in [3.63, 3.8) is 0 Å². The highest BCUT2D eigenvalue weighted by Crippen LogP contribution is 2.12. The molecule has 2 N–H and O–H groups in total. The third-order valence-corrected chi connectivity index (χ3v) is 3.72. The number of carbonyl (C=O) groups excluding carboxylic acids is 1. The second-order valence-corrected chi connectivity index (χ2v) is 5.59. The Kier molecular flexibility index (Phi) is 4.12. The largest absolute Gasteiger partial charge is 0.349 e. The lowest BCUT2D eigenvalue weighted by molar-refractivity contribution is -0.123. The van der Waals surface area contributed by atoms with Crippen LogP contribution in [0.1, 0.15) is 22.9 Å². The summed E-state index contributed by atoms with van der Waals surface area (Å²) in [4.78, 5) is 16.9. The van der Waals surface area contributed by atoms with Gasteiger partial charge in [0.15, 0.2) is 0 Å². The predicted molar refractivity (Wildman–Crippen MR) is 86.8 cm³/mol. The van der Waals surface area contributed by atoms with E-state index in [0.29, 0.717) is 6.54 Å². The van der Waals surface area contributed by atoms with Crippen LogP contribution in [0.15, 0.2) is 36.9 Å². The number of imidazole rings is 1. The average molecular weight is 312 g/mol. The van der Waals surface area contributed by atoms with Crippen LogP contribution >= 0.6 is 0 Å². The molecule has 120 valence electrons. The molecule has 7 nitrogen and oxygen atoms in total. The van der Waals surface area contributed by atoms with Gasteiger partial charge in [0.1, 0.15) is 11.7 Å². The molecule has 1 unspecified atom stereocenters. The monoisotopic (exact) mass is 312 g/mol. The van der Waals surface area contributed by atoms with E-state index in [2.05, 4.69) is 20.7 Å². The van der Waals surface area contributed by atoms with E-state index in [4.69, 9.17) is 0 Å². The maximum atomic E-state index is 12.4. The van der Waals surface area contributed by atoms with E-state index >= 15 is 0 Å². The molecule has 0 radical (unpaired) electrons. The smallest absolute Gasteiger partial charge is 0.242 e. The molecule has 0 saturated carbocycles. The summed E-state index contributed by atoms with van der Waals surface area (Å²) < 4.78 is 3.63. The number of hydrogen-bond donors (Lipinski definition) is 2. The summed E-state index contributed by atoms with van der Waals surface area (Å²) in [6.45, 7) is 2.42. The summed E-state index contributed by atoms with van der Waals surface area (Å²) in [6, 6.07) is 3.61. The summed E-state index contributed by atoms with van der Waals surface area (Å²) in [6.07, 6.45) is 7.41. The van der Waals surface area contributed by atoms with Crippen molar-refractivity contribution < 1.29 is 4.79 Å². The molecule has 23 heavy (non-hydrogen) atoms. The lowest BCUT2D eigenvalue weighted by Crippen LogP contribution is -2.35. The minimum absolute atomic E-state index is 0.103. The molecule has 3 rings (SSSR count). The van der Waals surface area contributed by atoms with E-state index in [9.17, 15) is 4.79 Å². The van der Waals surface area contributed by atoms with Gasteiger partial charge in [0.25, 0.3) is 0 Å². The number of aromatic nitrogens is 4. The molecule has 7 heteroatoms. The number of rotatable bonds is 5. The Labute approximate surface area is 134 Å². The number of carbonyl (C=O) groups is 1. The fourth-order valence-corrected chi connectivity index (χ4v) is 2.54. The second-order valence-electron chi connectivity index (χ2n) is 5.59. The number of fused-ring (bicyclic) bond motifs is 1. The summed E-state index contributed by atoms with van der Waals surface area (Å²) in [5.74, 6) is -0.103. The minimum atomic E-state index is -0.428. The van der Waals surface area contributed by atoms with E-state index in [-0.39, 0.29) is 5.91 Å². The zero-order valence-corrected chi connectivity index (χ0v) is 13.4. The molecule has 1 atom stereocenters. The number of hydrogen-bond acceptors (Lipinski definition) is 4. The van der Waals surface area contributed by atoms with Gasteiger partial charge in [-0.15, -0.1) is 0 Å². The maximum absolute atomic E-state index is 12.4. The highest BCUT2D eigenvalue weighted by molar-refractivity contribution is 5.82. The molecule has 0 bridgehead atoms. The van der Waals surface area contributed by atoms with E-state index in [1.54, 1.807) is 17.9 Å². The van der Waals surface area contributed by atoms with Crippen LogP contribution in [0.5, 0.6) is 0 Å². The summed E-state index contributed by atoms with van der Waals surface area (Å²) in [5.41, 5.74) is 3.69. The Hall–Kier alpha value is -2.67. The van der Waals surface area contributed by atoms with Crippen molar-refractivity contribution in [2.24, 2.45) is 7.05 Å². The Bertz CT molecular complexity index is 834. The number of amides is 1. The molecule has 0 aliphatic rings. The van der Waals surface area contributed by atoms with Gasteiger partial charge in [-0.3, -0.25) is 9.48 Å². The van der Waals surface area contributed by atoms with E-state index in [1.807, 2.05) is 49.1 Å². The first-order valence-electron chi connectivity index (χ1n) is 7.44. The van der Waals surface area contributed by atoms with E-state index < -0.39 is 6.04 Å². The first-order valence-corrected chi connectivity index (χ1v) is 7.44. The topological polar surface area (TPSA) is 76.2 Å². The fraction of sp³-hybridized carbons (Fsp3) is 0.312. The van der Waals surface area contributed by atoms with Crippen LogP contribution in [-0.2, 0) is 18.4 Å². The van der Waals surface area contributed by atoms with Gasteiger partial charge in [-0.1, -0.05) is 0 Å². The van der Waals surface area contributed by atoms with Crippen molar-refractivity contribution in [2.45, 2.75) is 19.5 Å². The predicted octanol–water partition coefficient (Wildman–Crippen LogP) is 0.953. The standard InChI is InChI=1S/C16H20N6O/c1-11-4-5-22-10-13(20-14(22)6-11)8-18-16(23)15(17-2)12-7-19-21(3)9-12/h4-7,9-10,15,17H,8H2,1-3H3,(H,18,23). The molecule has 0 aromatic carbocycles. The maximum Gasteiger partial charge on any atom is 0.242 e. The van der Waals surface area contributed by atoms with E-state index in [0.717, 1.165) is 22.5 Å². The zero-order chi connectivity index (χ0) is 16.4. The number of aryl methyl sites for hydroxylation is 2. The van der Waals surface area contributed by atoms with Gasteiger partial charge in [-0.2, -0.15) is 5.10 Å². The Morgan fingerprint density at radius 2 is 2.22 bits per heavy atom. The van der Waals surface area contributed by atoms with Crippen molar-refractivity contribution in [1.29, 1.82) is 0 Å². The Morgan fingerprint density at radius 1 is 1.39 bits per heavy atom. The van der Waals surface area contributed by atoms with Gasteiger partial charge in [-0.25, -0.2) is 4.98 Å².